The molecular weight excluding hydrogens is 468 g/mol. The molecule has 9 heteroatoms. The van der Waals surface area contributed by atoms with E-state index >= 15 is 0 Å². The van der Waals surface area contributed by atoms with E-state index in [4.69, 9.17) is 9.47 Å². The number of fused-ring (bicyclic) bond motifs is 2. The smallest absolute Gasteiger partial charge is 0.243 e. The minimum atomic E-state index is -3.84. The quantitative estimate of drug-likeness (QED) is 0.568. The van der Waals surface area contributed by atoms with Crippen LogP contribution >= 0.6 is 0 Å². The number of ether oxygens (including phenoxy) is 2. The zero-order valence-corrected chi connectivity index (χ0v) is 20.8. The number of carbonyl (C=O) groups excluding carboxylic acids is 2. The normalized spacial score (nSPS) is 24.1. The Morgan fingerprint density at radius 1 is 1.00 bits per heavy atom. The molecule has 0 unspecified atom stereocenters. The third kappa shape index (κ3) is 4.43. The van der Waals surface area contributed by atoms with Gasteiger partial charge in [-0.15, -0.1) is 0 Å². The summed E-state index contributed by atoms with van der Waals surface area (Å²) in [7, 11) is -2.32. The number of aryl methyl sites for hydroxylation is 1. The highest BCUT2D eigenvalue weighted by molar-refractivity contribution is 7.89. The van der Waals surface area contributed by atoms with Gasteiger partial charge in [-0.2, -0.15) is 4.31 Å². The zero-order chi connectivity index (χ0) is 24.7. The lowest BCUT2D eigenvalue weighted by Gasteiger charge is -2.29. The van der Waals surface area contributed by atoms with E-state index in [0.29, 0.717) is 22.6 Å². The minimum absolute atomic E-state index is 0.0908. The van der Waals surface area contributed by atoms with Crippen molar-refractivity contribution in [3.8, 4) is 11.5 Å². The maximum Gasteiger partial charge on any atom is 0.243 e. The molecule has 0 radical (unpaired) electrons. The summed E-state index contributed by atoms with van der Waals surface area (Å²) >= 11 is 0. The van der Waals surface area contributed by atoms with Crippen LogP contribution in [-0.2, 0) is 26.2 Å². The second-order valence-electron chi connectivity index (χ2n) is 9.64. The Balaban J connectivity index is 1.32. The Morgan fingerprint density at radius 2 is 1.66 bits per heavy atom. The molecule has 35 heavy (non-hydrogen) atoms. The SMILES string of the molecule is Cc1ccc(CN2C(=O)[C@@H]3CCCC[C@H]3C2=O)cc1S(=O)(=O)N(C)C[C@@H]1COc2ccccc2O1. The highest BCUT2D eigenvalue weighted by Crippen LogP contribution is 2.39. The Kier molecular flexibility index (Phi) is 6.31. The summed E-state index contributed by atoms with van der Waals surface area (Å²) in [5.74, 6) is 0.530. The molecule has 2 amide bonds. The van der Waals surface area contributed by atoms with Crippen LogP contribution in [0.1, 0.15) is 36.8 Å². The van der Waals surface area contributed by atoms with E-state index in [9.17, 15) is 18.0 Å². The predicted octanol–water partition coefficient (Wildman–Crippen LogP) is 3.13. The highest BCUT2D eigenvalue weighted by Gasteiger charge is 2.48. The van der Waals surface area contributed by atoms with Crippen molar-refractivity contribution in [3.05, 3.63) is 53.6 Å². The number of likely N-dealkylation sites (N-methyl/N-ethyl adjacent to an activating group) is 1. The van der Waals surface area contributed by atoms with Gasteiger partial charge in [0.05, 0.1) is 29.8 Å². The molecular formula is C26H30N2O6S. The van der Waals surface area contributed by atoms with Crippen molar-refractivity contribution in [2.24, 2.45) is 11.8 Å². The van der Waals surface area contributed by atoms with Crippen LogP contribution in [0.4, 0.5) is 0 Å². The van der Waals surface area contributed by atoms with Gasteiger partial charge in [-0.1, -0.05) is 37.1 Å². The highest BCUT2D eigenvalue weighted by atomic mass is 32.2. The van der Waals surface area contributed by atoms with Gasteiger partial charge in [0, 0.05) is 7.05 Å². The lowest BCUT2D eigenvalue weighted by molar-refractivity contribution is -0.140. The van der Waals surface area contributed by atoms with Gasteiger partial charge >= 0.3 is 0 Å². The summed E-state index contributed by atoms with van der Waals surface area (Å²) in [5.41, 5.74) is 1.22. The fourth-order valence-corrected chi connectivity index (χ4v) is 6.77. The van der Waals surface area contributed by atoms with Crippen molar-refractivity contribution in [3.63, 3.8) is 0 Å². The van der Waals surface area contributed by atoms with Crippen molar-refractivity contribution in [2.45, 2.75) is 50.2 Å². The maximum absolute atomic E-state index is 13.5. The Bertz CT molecular complexity index is 1240. The number of benzene rings is 2. The molecule has 0 aromatic heterocycles. The number of nitrogens with zero attached hydrogens (tertiary/aromatic N) is 2. The number of imide groups is 1. The molecule has 8 nitrogen and oxygen atoms in total. The topological polar surface area (TPSA) is 93.2 Å². The van der Waals surface area contributed by atoms with Crippen LogP contribution < -0.4 is 9.47 Å². The number of hydrogen-bond donors (Lipinski definition) is 0. The van der Waals surface area contributed by atoms with Gasteiger partial charge in [0.25, 0.3) is 0 Å². The van der Waals surface area contributed by atoms with Gasteiger partial charge in [0.15, 0.2) is 11.5 Å². The van der Waals surface area contributed by atoms with Gasteiger partial charge < -0.3 is 9.47 Å². The van der Waals surface area contributed by atoms with Crippen LogP contribution in [0.15, 0.2) is 47.4 Å². The molecule has 0 bridgehead atoms. The van der Waals surface area contributed by atoms with Crippen LogP contribution in [0.2, 0.25) is 0 Å². The molecule has 2 aromatic carbocycles. The number of hydrogen-bond acceptors (Lipinski definition) is 6. The van der Waals surface area contributed by atoms with Gasteiger partial charge in [0.2, 0.25) is 21.8 Å². The average Bonchev–Trinajstić information content (AvgIpc) is 3.10. The van der Waals surface area contributed by atoms with E-state index in [0.717, 1.165) is 25.7 Å². The predicted molar refractivity (Wildman–Crippen MR) is 128 cm³/mol. The largest absolute Gasteiger partial charge is 0.486 e. The van der Waals surface area contributed by atoms with E-state index in [-0.39, 0.29) is 48.2 Å². The molecule has 0 spiro atoms. The number of sulfonamides is 1. The lowest BCUT2D eigenvalue weighted by Crippen LogP contribution is -2.42. The first kappa shape index (κ1) is 23.8. The molecule has 1 saturated carbocycles. The molecule has 3 atom stereocenters. The summed E-state index contributed by atoms with van der Waals surface area (Å²) in [6, 6.07) is 12.4. The molecule has 186 valence electrons. The number of likely N-dealkylation sites (tertiary alicyclic amines) is 1. The molecule has 5 rings (SSSR count). The van der Waals surface area contributed by atoms with Crippen LogP contribution in [0.3, 0.4) is 0 Å². The molecule has 2 aromatic rings. The van der Waals surface area contributed by atoms with E-state index in [1.165, 1.54) is 16.3 Å². The maximum atomic E-state index is 13.5. The average molecular weight is 499 g/mol. The minimum Gasteiger partial charge on any atom is -0.486 e. The Hall–Kier alpha value is -2.91. The second kappa shape index (κ2) is 9.28. The van der Waals surface area contributed by atoms with E-state index in [1.54, 1.807) is 31.2 Å². The summed E-state index contributed by atoms with van der Waals surface area (Å²) in [4.78, 5) is 27.2. The summed E-state index contributed by atoms with van der Waals surface area (Å²) in [6.07, 6.45) is 2.99. The fraction of sp³-hybridized carbons (Fsp3) is 0.462. The van der Waals surface area contributed by atoms with Gasteiger partial charge in [-0.25, -0.2) is 8.42 Å². The summed E-state index contributed by atoms with van der Waals surface area (Å²) < 4.78 is 39.9. The standard InChI is InChI=1S/C26H30N2O6S/c1-17-11-12-18(14-28-25(29)20-7-3-4-8-21(20)26(28)30)13-24(17)35(31,32)27(2)15-19-16-33-22-9-5-6-10-23(22)34-19/h5-6,9-13,19-21H,3-4,7-8,14-16H2,1-2H3/t19-,20-,21-/m1/s1. The fourth-order valence-electron chi connectivity index (χ4n) is 5.30. The Morgan fingerprint density at radius 3 is 2.34 bits per heavy atom. The first-order valence-corrected chi connectivity index (χ1v) is 13.5. The van der Waals surface area contributed by atoms with Crippen molar-refractivity contribution in [2.75, 3.05) is 20.2 Å². The van der Waals surface area contributed by atoms with E-state index < -0.39 is 16.1 Å². The summed E-state index contributed by atoms with van der Waals surface area (Å²) in [6.45, 7) is 2.19. The zero-order valence-electron chi connectivity index (χ0n) is 20.0. The number of carbonyl (C=O) groups is 2. The molecule has 0 N–H and O–H groups in total. The van der Waals surface area contributed by atoms with Crippen molar-refractivity contribution in [1.82, 2.24) is 9.21 Å². The monoisotopic (exact) mass is 498 g/mol. The molecule has 2 aliphatic heterocycles. The molecule has 2 fully saturated rings. The van der Waals surface area contributed by atoms with Crippen molar-refractivity contribution < 1.29 is 27.5 Å². The number of para-hydroxylation sites is 2. The Labute approximate surface area is 205 Å². The number of amides is 2. The molecule has 1 saturated heterocycles. The van der Waals surface area contributed by atoms with Crippen LogP contribution in [0.25, 0.3) is 0 Å². The van der Waals surface area contributed by atoms with Crippen molar-refractivity contribution >= 4 is 21.8 Å². The van der Waals surface area contributed by atoms with Crippen LogP contribution in [-0.4, -0.2) is 55.7 Å². The van der Waals surface area contributed by atoms with Crippen LogP contribution in [0, 0.1) is 18.8 Å². The first-order valence-electron chi connectivity index (χ1n) is 12.1. The first-order chi connectivity index (χ1) is 16.8. The third-order valence-corrected chi connectivity index (χ3v) is 9.21. The van der Waals surface area contributed by atoms with E-state index in [2.05, 4.69) is 0 Å². The van der Waals surface area contributed by atoms with E-state index in [1.807, 2.05) is 18.2 Å². The molecule has 1 aliphatic carbocycles. The second-order valence-corrected chi connectivity index (χ2v) is 11.7. The molecule has 3 aliphatic rings. The summed E-state index contributed by atoms with van der Waals surface area (Å²) in [5, 5.41) is 0. The number of rotatable bonds is 6. The van der Waals surface area contributed by atoms with Gasteiger partial charge in [-0.3, -0.25) is 14.5 Å². The van der Waals surface area contributed by atoms with Crippen LogP contribution in [0.5, 0.6) is 11.5 Å². The lowest BCUT2D eigenvalue weighted by atomic mass is 9.81. The van der Waals surface area contributed by atoms with Gasteiger partial charge in [0.1, 0.15) is 12.7 Å². The third-order valence-electron chi connectivity index (χ3n) is 7.24. The van der Waals surface area contributed by atoms with Crippen molar-refractivity contribution in [1.29, 1.82) is 0 Å². The molecule has 2 heterocycles. The van der Waals surface area contributed by atoms with Gasteiger partial charge in [-0.05, 0) is 49.1 Å².